The van der Waals surface area contributed by atoms with Crippen LogP contribution in [0.25, 0.3) is 0 Å². The van der Waals surface area contributed by atoms with Crippen LogP contribution < -0.4 is 0 Å². The summed E-state index contributed by atoms with van der Waals surface area (Å²) >= 11 is 0. The first-order chi connectivity index (χ1) is 18.3. The van der Waals surface area contributed by atoms with Gasteiger partial charge in [0.25, 0.3) is 0 Å². The number of cyclic esters (lactones) is 4. The average molecular weight is 531 g/mol. The van der Waals surface area contributed by atoms with Crippen LogP contribution in [0.5, 0.6) is 0 Å². The number of carbonyl (C=O) groups is 6. The summed E-state index contributed by atoms with van der Waals surface area (Å²) in [6.07, 6.45) is 11.6. The Bertz CT molecular complexity index is 974. The van der Waals surface area contributed by atoms with E-state index in [9.17, 15) is 28.8 Å². The van der Waals surface area contributed by atoms with Crippen molar-refractivity contribution in [1.82, 2.24) is 0 Å². The van der Waals surface area contributed by atoms with Crippen LogP contribution in [-0.2, 0) is 47.7 Å². The fraction of sp³-hybridized carbons (Fsp3) is 0.500. The summed E-state index contributed by atoms with van der Waals surface area (Å²) < 4.78 is 19.5. The van der Waals surface area contributed by atoms with Crippen molar-refractivity contribution in [3.8, 4) is 0 Å². The Morgan fingerprint density at radius 3 is 1.39 bits per heavy atom. The summed E-state index contributed by atoms with van der Waals surface area (Å²) in [7, 11) is 0. The van der Waals surface area contributed by atoms with Crippen LogP contribution in [0.4, 0.5) is 0 Å². The summed E-state index contributed by atoms with van der Waals surface area (Å²) in [6, 6.07) is 0. The highest BCUT2D eigenvalue weighted by Gasteiger charge is 2.34. The van der Waals surface area contributed by atoms with Gasteiger partial charge in [-0.25, -0.2) is 19.2 Å². The summed E-state index contributed by atoms with van der Waals surface area (Å²) in [6.45, 7) is 4.24. The van der Waals surface area contributed by atoms with E-state index in [-0.39, 0.29) is 48.3 Å². The van der Waals surface area contributed by atoms with Gasteiger partial charge < -0.3 is 18.9 Å². The lowest BCUT2D eigenvalue weighted by Crippen LogP contribution is -2.11. The molecule has 10 nitrogen and oxygen atoms in total. The quantitative estimate of drug-likeness (QED) is 0.118. The van der Waals surface area contributed by atoms with Crippen molar-refractivity contribution in [1.29, 1.82) is 0 Å². The molecule has 2 aliphatic heterocycles. The Balaban J connectivity index is 1.64. The highest BCUT2D eigenvalue weighted by molar-refractivity contribution is 6.16. The largest absolute Gasteiger partial charge is 0.465 e. The highest BCUT2D eigenvalue weighted by atomic mass is 16.6. The Morgan fingerprint density at radius 1 is 0.632 bits per heavy atom. The fourth-order valence-corrected chi connectivity index (χ4v) is 3.60. The van der Waals surface area contributed by atoms with E-state index in [1.54, 1.807) is 12.2 Å². The van der Waals surface area contributed by atoms with Gasteiger partial charge in [-0.15, -0.1) is 0 Å². The molecule has 206 valence electrons. The molecule has 0 aromatic carbocycles. The van der Waals surface area contributed by atoms with Crippen molar-refractivity contribution in [3.63, 3.8) is 0 Å². The molecule has 10 heteroatoms. The van der Waals surface area contributed by atoms with Crippen LogP contribution in [0, 0.1) is 0 Å². The van der Waals surface area contributed by atoms with Crippen LogP contribution in [0.2, 0.25) is 0 Å². The van der Waals surface area contributed by atoms with Crippen LogP contribution in [-0.4, -0.2) is 49.0 Å². The smallest absolute Gasteiger partial charge is 0.346 e. The standard InChI is InChI=1S/C28H34O10/c1-3-5-9-13-19-21(27(33)37-25(19)31)17-23(29)35-15-11-7-8-12-16-36-24(30)18-22-20(14-10-6-4-2)26(32)38-28(22)34/h9-10,13-14H,3-8,11-12,15-18H2,1-2H3/b13-9+,14-10+. The van der Waals surface area contributed by atoms with E-state index in [1.165, 1.54) is 12.2 Å². The fourth-order valence-electron chi connectivity index (χ4n) is 3.60. The van der Waals surface area contributed by atoms with Crippen LogP contribution in [0.3, 0.4) is 0 Å². The van der Waals surface area contributed by atoms with Crippen molar-refractivity contribution in [2.24, 2.45) is 0 Å². The molecule has 0 amide bonds. The lowest BCUT2D eigenvalue weighted by Gasteiger charge is -2.06. The van der Waals surface area contributed by atoms with E-state index in [2.05, 4.69) is 9.47 Å². The molecule has 0 unspecified atom stereocenters. The van der Waals surface area contributed by atoms with Crippen molar-refractivity contribution in [2.45, 2.75) is 78.1 Å². The third-order valence-electron chi connectivity index (χ3n) is 5.64. The van der Waals surface area contributed by atoms with Crippen molar-refractivity contribution in [2.75, 3.05) is 13.2 Å². The molecule has 0 N–H and O–H groups in total. The second kappa shape index (κ2) is 16.1. The molecule has 0 aliphatic carbocycles. The Morgan fingerprint density at radius 2 is 1.03 bits per heavy atom. The first kappa shape index (κ1) is 30.4. The zero-order valence-corrected chi connectivity index (χ0v) is 21.9. The SMILES string of the molecule is CCC/C=C/C1=C(CC(=O)OCCCCCCOC(=O)CC2=C(/C=C/CCC)C(=O)OC2=O)C(=O)OC1=O. The molecular formula is C28H34O10. The van der Waals surface area contributed by atoms with E-state index < -0.39 is 35.8 Å². The third-order valence-corrected chi connectivity index (χ3v) is 5.64. The molecule has 2 rings (SSSR count). The number of allylic oxidation sites excluding steroid dienone is 2. The Hall–Kier alpha value is -3.82. The van der Waals surface area contributed by atoms with Gasteiger partial charge >= 0.3 is 35.8 Å². The van der Waals surface area contributed by atoms with Crippen molar-refractivity contribution in [3.05, 3.63) is 46.6 Å². The molecule has 38 heavy (non-hydrogen) atoms. The predicted octanol–water partition coefficient (Wildman–Crippen LogP) is 3.89. The first-order valence-corrected chi connectivity index (χ1v) is 12.9. The Labute approximate surface area is 221 Å². The van der Waals surface area contributed by atoms with Crippen LogP contribution >= 0.6 is 0 Å². The summed E-state index contributed by atoms with van der Waals surface area (Å²) in [5.74, 6) is -4.41. The summed E-state index contributed by atoms with van der Waals surface area (Å²) in [5, 5.41) is 0. The molecule has 0 radical (unpaired) electrons. The third kappa shape index (κ3) is 9.57. The minimum absolute atomic E-state index is 0.00395. The number of rotatable bonds is 17. The van der Waals surface area contributed by atoms with E-state index in [1.807, 2.05) is 13.8 Å². The summed E-state index contributed by atoms with van der Waals surface area (Å²) in [4.78, 5) is 71.5. The molecule has 0 bridgehead atoms. The average Bonchev–Trinajstić information content (AvgIpc) is 3.29. The van der Waals surface area contributed by atoms with Crippen LogP contribution in [0.1, 0.15) is 78.1 Å². The molecule has 0 aromatic heterocycles. The molecule has 0 fully saturated rings. The van der Waals surface area contributed by atoms with Gasteiger partial charge in [-0.1, -0.05) is 51.0 Å². The van der Waals surface area contributed by atoms with Crippen molar-refractivity contribution >= 4 is 35.8 Å². The molecule has 0 spiro atoms. The monoisotopic (exact) mass is 530 g/mol. The molecule has 2 heterocycles. The number of unbranched alkanes of at least 4 members (excludes halogenated alkanes) is 5. The van der Waals surface area contributed by atoms with Gasteiger partial charge in [-0.05, 0) is 38.5 Å². The zero-order valence-electron chi connectivity index (χ0n) is 21.9. The molecule has 0 saturated heterocycles. The van der Waals surface area contributed by atoms with E-state index in [4.69, 9.17) is 9.47 Å². The predicted molar refractivity (Wildman–Crippen MR) is 134 cm³/mol. The number of hydrogen-bond acceptors (Lipinski definition) is 10. The first-order valence-electron chi connectivity index (χ1n) is 12.9. The second-order valence-corrected chi connectivity index (χ2v) is 8.73. The highest BCUT2D eigenvalue weighted by Crippen LogP contribution is 2.23. The van der Waals surface area contributed by atoms with Gasteiger partial charge in [-0.3, -0.25) is 9.59 Å². The molecule has 0 atom stereocenters. The maximum absolute atomic E-state index is 12.1. The number of carbonyl (C=O) groups excluding carboxylic acids is 6. The molecule has 2 aliphatic rings. The number of hydrogen-bond donors (Lipinski definition) is 0. The number of esters is 6. The normalized spacial score (nSPS) is 15.7. The topological polar surface area (TPSA) is 139 Å². The second-order valence-electron chi connectivity index (χ2n) is 8.73. The van der Waals surface area contributed by atoms with E-state index in [0.29, 0.717) is 25.7 Å². The van der Waals surface area contributed by atoms with Gasteiger partial charge in [0.1, 0.15) is 0 Å². The molecular weight excluding hydrogens is 496 g/mol. The lowest BCUT2D eigenvalue weighted by molar-refractivity contribution is -0.153. The van der Waals surface area contributed by atoms with Gasteiger partial charge in [0, 0.05) is 0 Å². The lowest BCUT2D eigenvalue weighted by atomic mass is 10.1. The van der Waals surface area contributed by atoms with Gasteiger partial charge in [0.05, 0.1) is 48.3 Å². The Kier molecular flexibility index (Phi) is 12.9. The number of ether oxygens (including phenoxy) is 4. The van der Waals surface area contributed by atoms with Gasteiger partial charge in [0.2, 0.25) is 0 Å². The minimum Gasteiger partial charge on any atom is -0.465 e. The zero-order chi connectivity index (χ0) is 27.9. The van der Waals surface area contributed by atoms with Crippen molar-refractivity contribution < 1.29 is 47.7 Å². The minimum atomic E-state index is -0.824. The maximum atomic E-state index is 12.1. The van der Waals surface area contributed by atoms with Gasteiger partial charge in [-0.2, -0.15) is 0 Å². The van der Waals surface area contributed by atoms with E-state index >= 15 is 0 Å². The molecule has 0 aromatic rings. The summed E-state index contributed by atoms with van der Waals surface area (Å²) in [5.41, 5.74) is 0.187. The van der Waals surface area contributed by atoms with Gasteiger partial charge in [0.15, 0.2) is 0 Å². The van der Waals surface area contributed by atoms with Crippen LogP contribution in [0.15, 0.2) is 46.6 Å². The van der Waals surface area contributed by atoms with E-state index in [0.717, 1.165) is 25.7 Å². The maximum Gasteiger partial charge on any atom is 0.346 e. The molecule has 0 saturated carbocycles.